The number of rotatable bonds is 5. The summed E-state index contributed by atoms with van der Waals surface area (Å²) in [6.07, 6.45) is -0.0419. The Kier molecular flexibility index (Phi) is 5.09. The number of aliphatic hydroxyl groups is 1. The Morgan fingerprint density at radius 1 is 1.38 bits per heavy atom. The number of benzene rings is 1. The van der Waals surface area contributed by atoms with Crippen molar-refractivity contribution in [2.45, 2.75) is 33.0 Å². The van der Waals surface area contributed by atoms with Gasteiger partial charge in [0.25, 0.3) is 0 Å². The Morgan fingerprint density at radius 3 is 2.58 bits per heavy atom. The number of hydrogen-bond acceptors (Lipinski definition) is 6. The lowest BCUT2D eigenvalue weighted by molar-refractivity contribution is -0.147. The second-order valence-electron chi connectivity index (χ2n) is 5.62. The van der Waals surface area contributed by atoms with Gasteiger partial charge in [-0.3, -0.25) is 4.79 Å². The number of Topliss-reactive ketones (excluding diaryl/α,β-unsaturated/α-hetero) is 1. The Bertz CT molecular complexity index is 731. The Morgan fingerprint density at radius 2 is 2.04 bits per heavy atom. The highest BCUT2D eigenvalue weighted by atomic mass is 16.6. The summed E-state index contributed by atoms with van der Waals surface area (Å²) in [6.45, 7) is 8.04. The first-order chi connectivity index (χ1) is 11.3. The van der Waals surface area contributed by atoms with Crippen molar-refractivity contribution in [2.24, 2.45) is 0 Å². The van der Waals surface area contributed by atoms with E-state index in [0.717, 1.165) is 0 Å². The minimum atomic E-state index is -0.867. The Hall–Kier alpha value is -2.60. The third-order valence-electron chi connectivity index (χ3n) is 3.94. The molecule has 0 saturated carbocycles. The van der Waals surface area contributed by atoms with E-state index in [2.05, 4.69) is 6.58 Å². The average Bonchev–Trinajstić information content (AvgIpc) is 2.89. The standard InChI is InChI=1S/C18H20O6/c1-5-9(2)18(22)24-17-13-6-14(21)12(11(4)20)7-15(13)23-16(17)10(3)8-19/h5-7,16-17,19,21H,3,8H2,1-2,4H3/t16-,17-/m1/s1. The molecule has 0 radical (unpaired) electrons. The highest BCUT2D eigenvalue weighted by Crippen LogP contribution is 2.44. The van der Waals surface area contributed by atoms with E-state index >= 15 is 0 Å². The summed E-state index contributed by atoms with van der Waals surface area (Å²) < 4.78 is 11.2. The van der Waals surface area contributed by atoms with Gasteiger partial charge in [-0.2, -0.15) is 0 Å². The molecule has 1 aliphatic rings. The third-order valence-corrected chi connectivity index (χ3v) is 3.94. The molecule has 0 aliphatic carbocycles. The number of allylic oxidation sites excluding steroid dienone is 1. The van der Waals surface area contributed by atoms with Gasteiger partial charge in [0.1, 0.15) is 11.5 Å². The number of hydrogen-bond donors (Lipinski definition) is 2. The zero-order valence-electron chi connectivity index (χ0n) is 13.8. The van der Waals surface area contributed by atoms with Crippen LogP contribution in [-0.4, -0.2) is 34.7 Å². The summed E-state index contributed by atoms with van der Waals surface area (Å²) in [5, 5.41) is 19.4. The van der Waals surface area contributed by atoms with E-state index in [1.807, 2.05) is 0 Å². The lowest BCUT2D eigenvalue weighted by Gasteiger charge is -2.20. The minimum absolute atomic E-state index is 0.110. The molecular formula is C18H20O6. The van der Waals surface area contributed by atoms with Crippen molar-refractivity contribution >= 4 is 11.8 Å². The van der Waals surface area contributed by atoms with E-state index < -0.39 is 18.2 Å². The van der Waals surface area contributed by atoms with E-state index in [-0.39, 0.29) is 23.7 Å². The van der Waals surface area contributed by atoms with Crippen molar-refractivity contribution in [1.29, 1.82) is 0 Å². The van der Waals surface area contributed by atoms with E-state index in [4.69, 9.17) is 9.47 Å². The minimum Gasteiger partial charge on any atom is -0.507 e. The zero-order valence-corrected chi connectivity index (χ0v) is 13.8. The molecule has 1 aromatic carbocycles. The predicted molar refractivity (Wildman–Crippen MR) is 87.0 cm³/mol. The molecule has 2 rings (SSSR count). The van der Waals surface area contributed by atoms with E-state index in [1.54, 1.807) is 19.9 Å². The fourth-order valence-corrected chi connectivity index (χ4v) is 2.39. The Labute approximate surface area is 140 Å². The number of carbonyl (C=O) groups excluding carboxylic acids is 2. The second-order valence-corrected chi connectivity index (χ2v) is 5.62. The number of esters is 1. The lowest BCUT2D eigenvalue weighted by atomic mass is 9.99. The highest BCUT2D eigenvalue weighted by Gasteiger charge is 2.40. The molecule has 0 saturated heterocycles. The van der Waals surface area contributed by atoms with Crippen molar-refractivity contribution in [3.05, 3.63) is 47.1 Å². The van der Waals surface area contributed by atoms with Crippen LogP contribution in [0.2, 0.25) is 0 Å². The smallest absolute Gasteiger partial charge is 0.334 e. The van der Waals surface area contributed by atoms with Gasteiger partial charge in [-0.1, -0.05) is 12.7 Å². The van der Waals surface area contributed by atoms with Gasteiger partial charge in [-0.25, -0.2) is 4.79 Å². The quantitative estimate of drug-likeness (QED) is 0.372. The molecule has 0 spiro atoms. The van der Waals surface area contributed by atoms with Crippen LogP contribution >= 0.6 is 0 Å². The summed E-state index contributed by atoms with van der Waals surface area (Å²) in [5.41, 5.74) is 1.28. The molecule has 2 atom stereocenters. The number of phenolic OH excluding ortho intramolecular Hbond substituents is 1. The summed E-state index contributed by atoms with van der Waals surface area (Å²) >= 11 is 0. The molecule has 1 heterocycles. The van der Waals surface area contributed by atoms with Crippen molar-refractivity contribution < 1.29 is 29.3 Å². The highest BCUT2D eigenvalue weighted by molar-refractivity contribution is 5.97. The van der Waals surface area contributed by atoms with Crippen LogP contribution in [0.5, 0.6) is 11.5 Å². The molecule has 0 bridgehead atoms. The first kappa shape index (κ1) is 17.7. The molecule has 0 fully saturated rings. The van der Waals surface area contributed by atoms with Crippen LogP contribution in [-0.2, 0) is 9.53 Å². The average molecular weight is 332 g/mol. The van der Waals surface area contributed by atoms with Crippen molar-refractivity contribution in [3.8, 4) is 11.5 Å². The largest absolute Gasteiger partial charge is 0.507 e. The van der Waals surface area contributed by atoms with Gasteiger partial charge in [0.15, 0.2) is 18.0 Å². The molecular weight excluding hydrogens is 312 g/mol. The fourth-order valence-electron chi connectivity index (χ4n) is 2.39. The summed E-state index contributed by atoms with van der Waals surface area (Å²) in [5.74, 6) is -0.760. The number of fused-ring (bicyclic) bond motifs is 1. The molecule has 128 valence electrons. The number of carbonyl (C=O) groups is 2. The number of aliphatic hydroxyl groups excluding tert-OH is 1. The number of aromatic hydroxyl groups is 1. The van der Waals surface area contributed by atoms with Gasteiger partial charge in [0, 0.05) is 11.1 Å². The van der Waals surface area contributed by atoms with Gasteiger partial charge in [-0.15, -0.1) is 0 Å². The fraction of sp³-hybridized carbons (Fsp3) is 0.333. The van der Waals surface area contributed by atoms with Crippen LogP contribution in [0.4, 0.5) is 0 Å². The number of phenols is 1. The molecule has 0 amide bonds. The van der Waals surface area contributed by atoms with Crippen molar-refractivity contribution in [3.63, 3.8) is 0 Å². The van der Waals surface area contributed by atoms with Gasteiger partial charge in [0.2, 0.25) is 0 Å². The maximum absolute atomic E-state index is 12.1. The van der Waals surface area contributed by atoms with Crippen LogP contribution in [0, 0.1) is 0 Å². The maximum Gasteiger partial charge on any atom is 0.334 e. The van der Waals surface area contributed by atoms with Gasteiger partial charge in [0.05, 0.1) is 12.2 Å². The molecule has 1 aromatic rings. The summed E-state index contributed by atoms with van der Waals surface area (Å²) in [4.78, 5) is 23.7. The molecule has 0 aromatic heterocycles. The van der Waals surface area contributed by atoms with Crippen molar-refractivity contribution in [2.75, 3.05) is 6.61 Å². The summed E-state index contributed by atoms with van der Waals surface area (Å²) in [6, 6.07) is 2.75. The maximum atomic E-state index is 12.1. The molecule has 2 N–H and O–H groups in total. The first-order valence-corrected chi connectivity index (χ1v) is 7.47. The van der Waals surface area contributed by atoms with Crippen molar-refractivity contribution in [1.82, 2.24) is 0 Å². The SMILES string of the molecule is C=C(CO)[C@H]1Oc2cc(C(C)=O)c(O)cc2[C@H]1OC(=O)C(C)=CC. The number of ketones is 1. The lowest BCUT2D eigenvalue weighted by Crippen LogP contribution is -2.27. The van der Waals surface area contributed by atoms with E-state index in [9.17, 15) is 19.8 Å². The molecule has 1 aliphatic heterocycles. The van der Waals surface area contributed by atoms with Crippen LogP contribution in [0.25, 0.3) is 0 Å². The van der Waals surface area contributed by atoms with Crippen LogP contribution < -0.4 is 4.74 Å². The molecule has 0 unspecified atom stereocenters. The normalized spacial score (nSPS) is 19.4. The van der Waals surface area contributed by atoms with Gasteiger partial charge in [-0.05, 0) is 38.5 Å². The summed E-state index contributed by atoms with van der Waals surface area (Å²) in [7, 11) is 0. The topological polar surface area (TPSA) is 93.1 Å². The van der Waals surface area contributed by atoms with Gasteiger partial charge < -0.3 is 19.7 Å². The van der Waals surface area contributed by atoms with E-state index in [0.29, 0.717) is 22.5 Å². The molecule has 6 heteroatoms. The predicted octanol–water partition coefficient (Wildman–Crippen LogP) is 2.45. The first-order valence-electron chi connectivity index (χ1n) is 7.47. The van der Waals surface area contributed by atoms with Gasteiger partial charge >= 0.3 is 5.97 Å². The van der Waals surface area contributed by atoms with Crippen LogP contribution in [0.15, 0.2) is 35.9 Å². The van der Waals surface area contributed by atoms with Crippen LogP contribution in [0.1, 0.15) is 42.8 Å². The monoisotopic (exact) mass is 332 g/mol. The number of ether oxygens (including phenoxy) is 2. The molecule has 6 nitrogen and oxygen atoms in total. The second kappa shape index (κ2) is 6.88. The Balaban J connectivity index is 2.46. The van der Waals surface area contributed by atoms with E-state index in [1.165, 1.54) is 19.1 Å². The third kappa shape index (κ3) is 3.19. The zero-order chi connectivity index (χ0) is 18.0. The molecule has 24 heavy (non-hydrogen) atoms. The van der Waals surface area contributed by atoms with Crippen LogP contribution in [0.3, 0.4) is 0 Å².